The fraction of sp³-hybridized carbons (Fsp3) is 0.533. The summed E-state index contributed by atoms with van der Waals surface area (Å²) in [5, 5.41) is 4.53. The average Bonchev–Trinajstić information content (AvgIpc) is 2.87. The number of halogens is 1. The first-order valence-electron chi connectivity index (χ1n) is 7.26. The van der Waals surface area contributed by atoms with Crippen molar-refractivity contribution in [3.63, 3.8) is 0 Å². The predicted molar refractivity (Wildman–Crippen MR) is 90.7 cm³/mol. The number of likely N-dealkylation sites (tertiary alicyclic amines) is 1. The lowest BCUT2D eigenvalue weighted by atomic mass is 10.1. The van der Waals surface area contributed by atoms with Crippen LogP contribution in [0.5, 0.6) is 0 Å². The van der Waals surface area contributed by atoms with E-state index in [9.17, 15) is 0 Å². The van der Waals surface area contributed by atoms with E-state index in [1.165, 1.54) is 37.1 Å². The molecule has 1 aromatic carbocycles. The zero-order valence-electron chi connectivity index (χ0n) is 11.7. The van der Waals surface area contributed by atoms with Crippen molar-refractivity contribution in [2.24, 2.45) is 0 Å². The molecule has 1 fully saturated rings. The number of thiazole rings is 1. The van der Waals surface area contributed by atoms with Gasteiger partial charge in [-0.05, 0) is 51.1 Å². The zero-order valence-corrected chi connectivity index (χ0v) is 14.1. The molecule has 0 aliphatic carbocycles. The lowest BCUT2D eigenvalue weighted by Gasteiger charge is -2.32. The molecule has 1 aliphatic heterocycles. The first kappa shape index (κ1) is 14.3. The molecule has 1 saturated heterocycles. The molecule has 3 nitrogen and oxygen atoms in total. The van der Waals surface area contributed by atoms with Gasteiger partial charge in [-0.15, -0.1) is 0 Å². The second-order valence-electron chi connectivity index (χ2n) is 5.46. The number of fused-ring (bicyclic) bond motifs is 1. The quantitative estimate of drug-likeness (QED) is 0.885. The van der Waals surface area contributed by atoms with E-state index in [4.69, 9.17) is 0 Å². The topological polar surface area (TPSA) is 28.2 Å². The maximum atomic E-state index is 4.65. The lowest BCUT2D eigenvalue weighted by molar-refractivity contribution is 0.180. The largest absolute Gasteiger partial charge is 0.360 e. The Morgan fingerprint density at radius 3 is 2.95 bits per heavy atom. The normalized spacial score (nSPS) is 18.3. The summed E-state index contributed by atoms with van der Waals surface area (Å²) in [5.41, 5.74) is 1.07. The van der Waals surface area contributed by atoms with E-state index in [0.717, 1.165) is 21.7 Å². The molecule has 0 bridgehead atoms. The SMILES string of the molecule is CC(CNc1nc2cc(Br)ccc2s1)N1CCCCC1. The number of aromatic nitrogens is 1. The number of hydrogen-bond acceptors (Lipinski definition) is 4. The van der Waals surface area contributed by atoms with E-state index < -0.39 is 0 Å². The highest BCUT2D eigenvalue weighted by Crippen LogP contribution is 2.28. The molecule has 1 aromatic heterocycles. The molecule has 1 atom stereocenters. The Morgan fingerprint density at radius 2 is 2.15 bits per heavy atom. The fourth-order valence-corrected chi connectivity index (χ4v) is 3.90. The maximum Gasteiger partial charge on any atom is 0.183 e. The first-order valence-corrected chi connectivity index (χ1v) is 8.87. The molecule has 2 heterocycles. The minimum absolute atomic E-state index is 0.578. The van der Waals surface area contributed by atoms with Crippen molar-refractivity contribution >= 4 is 42.6 Å². The molecule has 2 aromatic rings. The number of benzene rings is 1. The molecule has 0 spiro atoms. The Kier molecular flexibility index (Phi) is 4.58. The summed E-state index contributed by atoms with van der Waals surface area (Å²) in [7, 11) is 0. The monoisotopic (exact) mass is 353 g/mol. The summed E-state index contributed by atoms with van der Waals surface area (Å²) in [6.07, 6.45) is 4.09. The van der Waals surface area contributed by atoms with E-state index in [2.05, 4.69) is 56.3 Å². The van der Waals surface area contributed by atoms with Crippen molar-refractivity contribution in [3.05, 3.63) is 22.7 Å². The Labute approximate surface area is 132 Å². The number of hydrogen-bond donors (Lipinski definition) is 1. The first-order chi connectivity index (χ1) is 9.72. The highest BCUT2D eigenvalue weighted by Gasteiger charge is 2.16. The van der Waals surface area contributed by atoms with Crippen LogP contribution < -0.4 is 5.32 Å². The Morgan fingerprint density at radius 1 is 1.35 bits per heavy atom. The number of nitrogens with one attached hydrogen (secondary N) is 1. The van der Waals surface area contributed by atoms with Crippen molar-refractivity contribution < 1.29 is 0 Å². The van der Waals surface area contributed by atoms with Gasteiger partial charge >= 0.3 is 0 Å². The molecule has 5 heteroatoms. The second-order valence-corrected chi connectivity index (χ2v) is 7.40. The average molecular weight is 354 g/mol. The number of rotatable bonds is 4. The molecule has 108 valence electrons. The van der Waals surface area contributed by atoms with Gasteiger partial charge < -0.3 is 5.32 Å². The van der Waals surface area contributed by atoms with Crippen LogP contribution in [0.25, 0.3) is 10.2 Å². The van der Waals surface area contributed by atoms with Gasteiger partial charge in [0, 0.05) is 17.1 Å². The molecule has 1 aliphatic rings. The van der Waals surface area contributed by atoms with Crippen molar-refractivity contribution in [2.45, 2.75) is 32.2 Å². The third-order valence-corrected chi connectivity index (χ3v) is 5.40. The van der Waals surface area contributed by atoms with Crippen LogP contribution in [0, 0.1) is 0 Å². The van der Waals surface area contributed by atoms with Crippen LogP contribution in [-0.2, 0) is 0 Å². The van der Waals surface area contributed by atoms with Crippen LogP contribution in [0.4, 0.5) is 5.13 Å². The van der Waals surface area contributed by atoms with Gasteiger partial charge in [0.2, 0.25) is 0 Å². The van der Waals surface area contributed by atoms with Gasteiger partial charge in [-0.1, -0.05) is 33.7 Å². The van der Waals surface area contributed by atoms with Crippen LogP contribution in [0.2, 0.25) is 0 Å². The van der Waals surface area contributed by atoms with Crippen LogP contribution in [0.3, 0.4) is 0 Å². The minimum Gasteiger partial charge on any atom is -0.360 e. The minimum atomic E-state index is 0.578. The maximum absolute atomic E-state index is 4.65. The molecule has 1 unspecified atom stereocenters. The molecule has 20 heavy (non-hydrogen) atoms. The molecule has 3 rings (SSSR count). The van der Waals surface area contributed by atoms with Gasteiger partial charge in [-0.25, -0.2) is 4.98 Å². The van der Waals surface area contributed by atoms with Gasteiger partial charge in [0.25, 0.3) is 0 Å². The Bertz CT molecular complexity index is 578. The van der Waals surface area contributed by atoms with Gasteiger partial charge in [0.15, 0.2) is 5.13 Å². The number of piperidine rings is 1. The standard InChI is InChI=1S/C15H20BrN3S/c1-11(19-7-3-2-4-8-19)10-17-15-18-13-9-12(16)5-6-14(13)20-15/h5-6,9,11H,2-4,7-8,10H2,1H3,(H,17,18). The highest BCUT2D eigenvalue weighted by molar-refractivity contribution is 9.10. The summed E-state index contributed by atoms with van der Waals surface area (Å²) in [4.78, 5) is 7.23. The molecule has 0 radical (unpaired) electrons. The van der Waals surface area contributed by atoms with E-state index in [1.807, 2.05) is 0 Å². The molecule has 0 saturated carbocycles. The second kappa shape index (κ2) is 6.41. The zero-order chi connectivity index (χ0) is 13.9. The van der Waals surface area contributed by atoms with Crippen molar-refractivity contribution in [2.75, 3.05) is 25.0 Å². The fourth-order valence-electron chi connectivity index (χ4n) is 2.70. The highest BCUT2D eigenvalue weighted by atomic mass is 79.9. The van der Waals surface area contributed by atoms with Crippen molar-refractivity contribution in [3.8, 4) is 0 Å². The molecule has 1 N–H and O–H groups in total. The lowest BCUT2D eigenvalue weighted by Crippen LogP contribution is -2.41. The molecular formula is C15H20BrN3S. The van der Waals surface area contributed by atoms with E-state index >= 15 is 0 Å². The van der Waals surface area contributed by atoms with E-state index in [1.54, 1.807) is 11.3 Å². The summed E-state index contributed by atoms with van der Waals surface area (Å²) < 4.78 is 2.32. The van der Waals surface area contributed by atoms with Gasteiger partial charge in [-0.2, -0.15) is 0 Å². The van der Waals surface area contributed by atoms with Gasteiger partial charge in [-0.3, -0.25) is 4.90 Å². The van der Waals surface area contributed by atoms with E-state index in [-0.39, 0.29) is 0 Å². The summed E-state index contributed by atoms with van der Waals surface area (Å²) in [6.45, 7) is 5.77. The molecular weight excluding hydrogens is 334 g/mol. The third kappa shape index (κ3) is 3.32. The van der Waals surface area contributed by atoms with Crippen LogP contribution in [0.15, 0.2) is 22.7 Å². The van der Waals surface area contributed by atoms with Crippen molar-refractivity contribution in [1.29, 1.82) is 0 Å². The van der Waals surface area contributed by atoms with Crippen LogP contribution in [-0.4, -0.2) is 35.6 Å². The predicted octanol–water partition coefficient (Wildman–Crippen LogP) is 4.35. The third-order valence-electron chi connectivity index (χ3n) is 3.91. The smallest absolute Gasteiger partial charge is 0.183 e. The van der Waals surface area contributed by atoms with Crippen LogP contribution >= 0.6 is 27.3 Å². The molecule has 0 amide bonds. The number of nitrogens with zero attached hydrogens (tertiary/aromatic N) is 2. The van der Waals surface area contributed by atoms with E-state index in [0.29, 0.717) is 6.04 Å². The Hall–Kier alpha value is -0.650. The summed E-state index contributed by atoms with van der Waals surface area (Å²) in [5.74, 6) is 0. The summed E-state index contributed by atoms with van der Waals surface area (Å²) in [6, 6.07) is 6.84. The summed E-state index contributed by atoms with van der Waals surface area (Å²) >= 11 is 5.23. The van der Waals surface area contributed by atoms with Gasteiger partial charge in [0.1, 0.15) is 0 Å². The Balaban J connectivity index is 1.61. The number of anilines is 1. The van der Waals surface area contributed by atoms with Crippen molar-refractivity contribution in [1.82, 2.24) is 9.88 Å². The van der Waals surface area contributed by atoms with Gasteiger partial charge in [0.05, 0.1) is 10.2 Å². The van der Waals surface area contributed by atoms with Crippen LogP contribution in [0.1, 0.15) is 26.2 Å².